The minimum absolute atomic E-state index is 0.209. The van der Waals surface area contributed by atoms with Gasteiger partial charge in [-0.2, -0.15) is 0 Å². The molecule has 0 spiro atoms. The van der Waals surface area contributed by atoms with Crippen molar-refractivity contribution < 1.29 is 18.0 Å². The first-order chi connectivity index (χ1) is 16.5. The molecule has 1 unspecified atom stereocenters. The van der Waals surface area contributed by atoms with E-state index in [1.807, 2.05) is 71.0 Å². The lowest BCUT2D eigenvalue weighted by Crippen LogP contribution is -2.52. The van der Waals surface area contributed by atoms with Crippen LogP contribution in [0.3, 0.4) is 0 Å². The highest BCUT2D eigenvalue weighted by molar-refractivity contribution is 7.92. The van der Waals surface area contributed by atoms with Crippen molar-refractivity contribution in [3.05, 3.63) is 65.2 Å². The SMILES string of the molecule is CCc1ccc(N(CC(=O)N(Cc2cccc(C)c2)C(CC)C(=O)NCC(C)C)S(C)(=O)=O)cc1. The first kappa shape index (κ1) is 28.4. The number of aryl methyl sites for hydroxylation is 2. The number of benzene rings is 2. The monoisotopic (exact) mass is 501 g/mol. The maximum Gasteiger partial charge on any atom is 0.244 e. The van der Waals surface area contributed by atoms with Crippen molar-refractivity contribution in [3.63, 3.8) is 0 Å². The molecule has 35 heavy (non-hydrogen) atoms. The molecule has 2 rings (SSSR count). The summed E-state index contributed by atoms with van der Waals surface area (Å²) in [6.07, 6.45) is 2.32. The van der Waals surface area contributed by atoms with Gasteiger partial charge in [-0.25, -0.2) is 8.42 Å². The summed E-state index contributed by atoms with van der Waals surface area (Å²) < 4.78 is 26.5. The van der Waals surface area contributed by atoms with Crippen molar-refractivity contribution in [2.24, 2.45) is 5.92 Å². The Hall–Kier alpha value is -2.87. The maximum atomic E-state index is 13.7. The number of anilines is 1. The number of carbonyl (C=O) groups is 2. The molecular weight excluding hydrogens is 462 g/mol. The number of sulfonamides is 1. The van der Waals surface area contributed by atoms with Crippen LogP contribution in [-0.4, -0.2) is 50.5 Å². The Labute approximate surface area is 210 Å². The van der Waals surface area contributed by atoms with Crippen LogP contribution in [0, 0.1) is 12.8 Å². The van der Waals surface area contributed by atoms with Crippen molar-refractivity contribution in [2.45, 2.75) is 60.0 Å². The largest absolute Gasteiger partial charge is 0.354 e. The molecule has 0 bridgehead atoms. The van der Waals surface area contributed by atoms with Crippen molar-refractivity contribution in [3.8, 4) is 0 Å². The quantitative estimate of drug-likeness (QED) is 0.478. The van der Waals surface area contributed by atoms with E-state index in [0.29, 0.717) is 18.7 Å². The minimum Gasteiger partial charge on any atom is -0.354 e. The summed E-state index contributed by atoms with van der Waals surface area (Å²) in [7, 11) is -3.73. The van der Waals surface area contributed by atoms with Crippen LogP contribution < -0.4 is 9.62 Å². The number of nitrogens with zero attached hydrogens (tertiary/aromatic N) is 2. The Bertz CT molecular complexity index is 1100. The summed E-state index contributed by atoms with van der Waals surface area (Å²) in [5, 5.41) is 2.93. The molecule has 0 aliphatic heterocycles. The Balaban J connectivity index is 2.41. The van der Waals surface area contributed by atoms with E-state index < -0.39 is 22.0 Å². The molecule has 0 aromatic heterocycles. The standard InChI is InChI=1S/C27H39N3O4S/c1-7-22-12-14-24(15-13-22)30(35(6,33)34)19-26(31)29(18-23-11-9-10-21(5)16-23)25(8-2)27(32)28-17-20(3)4/h9-16,20,25H,7-8,17-19H2,1-6H3,(H,28,32). The number of hydrogen-bond acceptors (Lipinski definition) is 4. The van der Waals surface area contributed by atoms with Crippen molar-refractivity contribution >= 4 is 27.5 Å². The van der Waals surface area contributed by atoms with Gasteiger partial charge in [-0.1, -0.05) is 69.7 Å². The summed E-state index contributed by atoms with van der Waals surface area (Å²) in [5.74, 6) is -0.396. The molecule has 7 nitrogen and oxygen atoms in total. The first-order valence-electron chi connectivity index (χ1n) is 12.2. The van der Waals surface area contributed by atoms with Gasteiger partial charge in [-0.15, -0.1) is 0 Å². The normalized spacial score (nSPS) is 12.3. The lowest BCUT2D eigenvalue weighted by molar-refractivity contribution is -0.140. The van der Waals surface area contributed by atoms with Gasteiger partial charge >= 0.3 is 0 Å². The molecule has 0 aliphatic rings. The zero-order chi connectivity index (χ0) is 26.2. The van der Waals surface area contributed by atoms with E-state index >= 15 is 0 Å². The molecule has 0 aliphatic carbocycles. The summed E-state index contributed by atoms with van der Waals surface area (Å²) >= 11 is 0. The third-order valence-corrected chi connectivity index (χ3v) is 6.96. The van der Waals surface area contributed by atoms with Gasteiger partial charge in [0.1, 0.15) is 12.6 Å². The van der Waals surface area contributed by atoms with Crippen molar-refractivity contribution in [1.29, 1.82) is 0 Å². The molecule has 0 fully saturated rings. The average molecular weight is 502 g/mol. The second kappa shape index (κ2) is 12.7. The summed E-state index contributed by atoms with van der Waals surface area (Å²) in [4.78, 5) is 28.2. The predicted molar refractivity (Wildman–Crippen MR) is 142 cm³/mol. The second-order valence-corrected chi connectivity index (χ2v) is 11.3. The number of nitrogens with one attached hydrogen (secondary N) is 1. The molecule has 1 N–H and O–H groups in total. The van der Waals surface area contributed by atoms with Gasteiger partial charge in [0.05, 0.1) is 11.9 Å². The minimum atomic E-state index is -3.73. The van der Waals surface area contributed by atoms with Crippen LogP contribution >= 0.6 is 0 Å². The van der Waals surface area contributed by atoms with Crippen LogP contribution in [0.1, 0.15) is 50.8 Å². The third kappa shape index (κ3) is 8.38. The number of hydrogen-bond donors (Lipinski definition) is 1. The Morgan fingerprint density at radius 1 is 1.00 bits per heavy atom. The van der Waals surface area contributed by atoms with Gasteiger partial charge in [0.15, 0.2) is 0 Å². The molecule has 2 aromatic carbocycles. The van der Waals surface area contributed by atoms with Crippen LogP contribution in [0.2, 0.25) is 0 Å². The summed E-state index contributed by atoms with van der Waals surface area (Å²) in [5.41, 5.74) is 3.42. The highest BCUT2D eigenvalue weighted by Crippen LogP contribution is 2.21. The van der Waals surface area contributed by atoms with Crippen molar-refractivity contribution in [1.82, 2.24) is 10.2 Å². The predicted octanol–water partition coefficient (Wildman–Crippen LogP) is 3.90. The van der Waals surface area contributed by atoms with Gasteiger partial charge in [0.2, 0.25) is 21.8 Å². The van der Waals surface area contributed by atoms with Gasteiger partial charge in [0.25, 0.3) is 0 Å². The maximum absolute atomic E-state index is 13.7. The zero-order valence-electron chi connectivity index (χ0n) is 21.7. The lowest BCUT2D eigenvalue weighted by atomic mass is 10.1. The highest BCUT2D eigenvalue weighted by atomic mass is 32.2. The van der Waals surface area contributed by atoms with Crippen molar-refractivity contribution in [2.75, 3.05) is 23.7 Å². The third-order valence-electron chi connectivity index (χ3n) is 5.82. The Morgan fingerprint density at radius 2 is 1.66 bits per heavy atom. The molecule has 2 amide bonds. The molecule has 192 valence electrons. The molecule has 2 aromatic rings. The molecular formula is C27H39N3O4S. The van der Waals surface area contributed by atoms with Crippen LogP contribution in [-0.2, 0) is 32.6 Å². The zero-order valence-corrected chi connectivity index (χ0v) is 22.6. The lowest BCUT2D eigenvalue weighted by Gasteiger charge is -2.33. The van der Waals surface area contributed by atoms with Crippen LogP contribution in [0.15, 0.2) is 48.5 Å². The molecule has 1 atom stereocenters. The average Bonchev–Trinajstić information content (AvgIpc) is 2.80. The van der Waals surface area contributed by atoms with Gasteiger partial charge in [-0.3, -0.25) is 13.9 Å². The fourth-order valence-corrected chi connectivity index (χ4v) is 4.71. The summed E-state index contributed by atoms with van der Waals surface area (Å²) in [6, 6.07) is 14.2. The number of rotatable bonds is 12. The fraction of sp³-hybridized carbons (Fsp3) is 0.481. The molecule has 8 heteroatoms. The first-order valence-corrected chi connectivity index (χ1v) is 14.0. The fourth-order valence-electron chi connectivity index (χ4n) is 3.86. The van der Waals surface area contributed by atoms with Crippen LogP contribution in [0.25, 0.3) is 0 Å². The van der Waals surface area contributed by atoms with Crippen LogP contribution in [0.5, 0.6) is 0 Å². The molecule has 0 saturated carbocycles. The van der Waals surface area contributed by atoms with E-state index in [2.05, 4.69) is 5.32 Å². The van der Waals surface area contributed by atoms with E-state index in [-0.39, 0.29) is 24.9 Å². The summed E-state index contributed by atoms with van der Waals surface area (Å²) in [6.45, 7) is 10.2. The van der Waals surface area contributed by atoms with E-state index in [9.17, 15) is 18.0 Å². The van der Waals surface area contributed by atoms with Gasteiger partial charge in [-0.05, 0) is 48.9 Å². The molecule has 0 saturated heterocycles. The molecule has 0 radical (unpaired) electrons. The van der Waals surface area contributed by atoms with E-state index in [4.69, 9.17) is 0 Å². The second-order valence-electron chi connectivity index (χ2n) is 9.36. The van der Waals surface area contributed by atoms with E-state index in [1.165, 1.54) is 4.90 Å². The highest BCUT2D eigenvalue weighted by Gasteiger charge is 2.31. The number of carbonyl (C=O) groups excluding carboxylic acids is 2. The van der Waals surface area contributed by atoms with E-state index in [1.54, 1.807) is 12.1 Å². The van der Waals surface area contributed by atoms with Crippen LogP contribution in [0.4, 0.5) is 5.69 Å². The van der Waals surface area contributed by atoms with Gasteiger partial charge < -0.3 is 10.2 Å². The Kier molecular flexibility index (Phi) is 10.3. The molecule has 0 heterocycles. The smallest absolute Gasteiger partial charge is 0.244 e. The van der Waals surface area contributed by atoms with Gasteiger partial charge in [0, 0.05) is 13.1 Å². The topological polar surface area (TPSA) is 86.8 Å². The van der Waals surface area contributed by atoms with E-state index in [0.717, 1.165) is 33.7 Å². The number of amides is 2. The Morgan fingerprint density at radius 3 is 2.17 bits per heavy atom.